The van der Waals surface area contributed by atoms with E-state index in [2.05, 4.69) is 20.5 Å². The van der Waals surface area contributed by atoms with Crippen LogP contribution in [0.4, 0.5) is 4.79 Å². The number of amides is 1. The van der Waals surface area contributed by atoms with Crippen LogP contribution in [0.15, 0.2) is 24.9 Å². The van der Waals surface area contributed by atoms with Crippen LogP contribution in [0.3, 0.4) is 0 Å². The zero-order valence-electron chi connectivity index (χ0n) is 13.0. The van der Waals surface area contributed by atoms with Gasteiger partial charge in [0, 0.05) is 6.20 Å². The predicted molar refractivity (Wildman–Crippen MR) is 78.1 cm³/mol. The van der Waals surface area contributed by atoms with Gasteiger partial charge in [0.15, 0.2) is 0 Å². The molecule has 2 aromatic heterocycles. The number of nitrogens with zero attached hydrogens (tertiary/aromatic N) is 3. The highest BCUT2D eigenvalue weighted by Gasteiger charge is 2.29. The number of rotatable bonds is 3. The molecular formula is C14H21N5O2. The number of hydrogen-bond donors (Lipinski definition) is 2. The Balaban J connectivity index is 2.21. The number of H-pyrrole nitrogens is 1. The minimum absolute atomic E-state index is 0.465. The third kappa shape index (κ3) is 3.62. The van der Waals surface area contributed by atoms with Crippen molar-refractivity contribution in [3.63, 3.8) is 0 Å². The number of aromatic amines is 1. The normalized spacial score (nSPS) is 12.2. The zero-order valence-corrected chi connectivity index (χ0v) is 13.0. The van der Waals surface area contributed by atoms with Crippen LogP contribution in [0.25, 0.3) is 5.69 Å². The fourth-order valence-electron chi connectivity index (χ4n) is 1.96. The molecule has 114 valence electrons. The van der Waals surface area contributed by atoms with Gasteiger partial charge in [-0.1, -0.05) is 0 Å². The van der Waals surface area contributed by atoms with Crippen LogP contribution in [-0.4, -0.2) is 31.4 Å². The van der Waals surface area contributed by atoms with Gasteiger partial charge >= 0.3 is 6.09 Å². The van der Waals surface area contributed by atoms with Gasteiger partial charge in [-0.2, -0.15) is 5.10 Å². The number of ether oxygens (including phenoxy) is 1. The van der Waals surface area contributed by atoms with E-state index in [0.29, 0.717) is 0 Å². The fourth-order valence-corrected chi connectivity index (χ4v) is 1.96. The maximum atomic E-state index is 12.0. The first-order valence-corrected chi connectivity index (χ1v) is 6.72. The lowest BCUT2D eigenvalue weighted by Gasteiger charge is -2.29. The molecule has 0 aliphatic carbocycles. The Bertz CT molecular complexity index is 608. The number of carbonyl (C=O) groups excluding carboxylic acids is 1. The highest BCUT2D eigenvalue weighted by atomic mass is 16.6. The second-order valence-electron chi connectivity index (χ2n) is 6.36. The molecule has 0 bridgehead atoms. The Morgan fingerprint density at radius 2 is 2.00 bits per heavy atom. The minimum Gasteiger partial charge on any atom is -0.444 e. The van der Waals surface area contributed by atoms with Crippen LogP contribution in [0, 0.1) is 0 Å². The number of nitrogens with one attached hydrogen (secondary N) is 2. The summed E-state index contributed by atoms with van der Waals surface area (Å²) in [5.41, 5.74) is 0.498. The van der Waals surface area contributed by atoms with Crippen molar-refractivity contribution in [2.45, 2.75) is 45.8 Å². The Hall–Kier alpha value is -2.31. The molecule has 0 aliphatic rings. The molecule has 0 atom stereocenters. The van der Waals surface area contributed by atoms with Crippen LogP contribution >= 0.6 is 0 Å². The maximum absolute atomic E-state index is 12.0. The molecule has 0 saturated carbocycles. The molecule has 7 heteroatoms. The second-order valence-corrected chi connectivity index (χ2v) is 6.36. The van der Waals surface area contributed by atoms with Gasteiger partial charge in [0.25, 0.3) is 0 Å². The number of aromatic nitrogens is 4. The van der Waals surface area contributed by atoms with Gasteiger partial charge in [0.05, 0.1) is 35.6 Å². The van der Waals surface area contributed by atoms with Crippen molar-refractivity contribution >= 4 is 6.09 Å². The van der Waals surface area contributed by atoms with Crippen LogP contribution in [0.2, 0.25) is 0 Å². The summed E-state index contributed by atoms with van der Waals surface area (Å²) in [5.74, 6) is 0. The predicted octanol–water partition coefficient (Wildman–Crippen LogP) is 2.36. The summed E-state index contributed by atoms with van der Waals surface area (Å²) < 4.78 is 7.17. The summed E-state index contributed by atoms with van der Waals surface area (Å²) in [4.78, 5) is 16.1. The first kappa shape index (κ1) is 15.1. The molecule has 0 spiro atoms. The molecule has 0 aromatic carbocycles. The Kier molecular flexibility index (Phi) is 3.76. The number of hydrogen-bond acceptors (Lipinski definition) is 4. The van der Waals surface area contributed by atoms with E-state index >= 15 is 0 Å². The van der Waals surface area contributed by atoms with Crippen LogP contribution < -0.4 is 5.32 Å². The zero-order chi connectivity index (χ0) is 15.7. The van der Waals surface area contributed by atoms with Gasteiger partial charge in [0.2, 0.25) is 0 Å². The summed E-state index contributed by atoms with van der Waals surface area (Å²) in [6.45, 7) is 9.27. The molecule has 2 heterocycles. The fraction of sp³-hybridized carbons (Fsp3) is 0.500. The molecule has 2 aromatic rings. The van der Waals surface area contributed by atoms with Crippen LogP contribution in [-0.2, 0) is 10.3 Å². The molecule has 1 amide bonds. The molecule has 2 rings (SSSR count). The third-order valence-electron chi connectivity index (χ3n) is 2.85. The quantitative estimate of drug-likeness (QED) is 0.909. The van der Waals surface area contributed by atoms with Gasteiger partial charge in [-0.3, -0.25) is 9.67 Å². The number of imidazole rings is 1. The lowest BCUT2D eigenvalue weighted by Crippen LogP contribution is -2.44. The minimum atomic E-state index is -0.643. The average Bonchev–Trinajstić information content (AvgIpc) is 2.96. The largest absolute Gasteiger partial charge is 0.444 e. The number of carbonyl (C=O) groups is 1. The summed E-state index contributed by atoms with van der Waals surface area (Å²) in [5, 5.41) is 9.55. The molecule has 2 N–H and O–H groups in total. The van der Waals surface area contributed by atoms with E-state index in [9.17, 15) is 4.79 Å². The van der Waals surface area contributed by atoms with Crippen molar-refractivity contribution in [1.29, 1.82) is 0 Å². The molecule has 0 aliphatic heterocycles. The summed E-state index contributed by atoms with van der Waals surface area (Å²) >= 11 is 0. The summed E-state index contributed by atoms with van der Waals surface area (Å²) in [7, 11) is 0. The van der Waals surface area contributed by atoms with Crippen molar-refractivity contribution in [2.24, 2.45) is 0 Å². The summed E-state index contributed by atoms with van der Waals surface area (Å²) in [6, 6.07) is 0. The Labute approximate surface area is 123 Å². The lowest BCUT2D eigenvalue weighted by molar-refractivity contribution is 0.0467. The van der Waals surface area contributed by atoms with Crippen molar-refractivity contribution in [2.75, 3.05) is 0 Å². The second kappa shape index (κ2) is 5.23. The SMILES string of the molecule is CC(C)(C)OC(=O)NC(C)(C)c1cncn1-c1cn[nH]c1. The van der Waals surface area contributed by atoms with E-state index in [0.717, 1.165) is 11.4 Å². The smallest absolute Gasteiger partial charge is 0.408 e. The van der Waals surface area contributed by atoms with E-state index in [1.54, 1.807) is 24.9 Å². The third-order valence-corrected chi connectivity index (χ3v) is 2.85. The van der Waals surface area contributed by atoms with E-state index in [1.807, 2.05) is 39.2 Å². The average molecular weight is 291 g/mol. The van der Waals surface area contributed by atoms with Gasteiger partial charge in [0.1, 0.15) is 5.60 Å². The van der Waals surface area contributed by atoms with Crippen molar-refractivity contribution < 1.29 is 9.53 Å². The molecule has 0 saturated heterocycles. The van der Waals surface area contributed by atoms with E-state index < -0.39 is 17.2 Å². The molecule has 7 nitrogen and oxygen atoms in total. The van der Waals surface area contributed by atoms with Crippen molar-refractivity contribution in [1.82, 2.24) is 25.1 Å². The number of alkyl carbamates (subject to hydrolysis) is 1. The topological polar surface area (TPSA) is 84.8 Å². The van der Waals surface area contributed by atoms with Crippen LogP contribution in [0.1, 0.15) is 40.3 Å². The van der Waals surface area contributed by atoms with Crippen LogP contribution in [0.5, 0.6) is 0 Å². The summed E-state index contributed by atoms with van der Waals surface area (Å²) in [6.07, 6.45) is 6.37. The van der Waals surface area contributed by atoms with Gasteiger partial charge < -0.3 is 10.1 Å². The monoisotopic (exact) mass is 291 g/mol. The maximum Gasteiger partial charge on any atom is 0.408 e. The standard InChI is InChI=1S/C14H21N5O2/c1-13(2,3)21-12(20)18-14(4,5)11-8-15-9-19(11)10-6-16-17-7-10/h6-9H,1-5H3,(H,16,17)(H,18,20). The molecule has 0 fully saturated rings. The van der Waals surface area contributed by atoms with E-state index in [-0.39, 0.29) is 0 Å². The van der Waals surface area contributed by atoms with Gasteiger partial charge in [-0.05, 0) is 34.6 Å². The molecule has 0 radical (unpaired) electrons. The van der Waals surface area contributed by atoms with E-state index in [4.69, 9.17) is 4.74 Å². The molecule has 0 unspecified atom stereocenters. The van der Waals surface area contributed by atoms with Crippen molar-refractivity contribution in [3.05, 3.63) is 30.6 Å². The van der Waals surface area contributed by atoms with Gasteiger partial charge in [-0.15, -0.1) is 0 Å². The van der Waals surface area contributed by atoms with Gasteiger partial charge in [-0.25, -0.2) is 9.78 Å². The highest BCUT2D eigenvalue weighted by molar-refractivity contribution is 5.69. The van der Waals surface area contributed by atoms with E-state index in [1.165, 1.54) is 0 Å². The Morgan fingerprint density at radius 3 is 2.57 bits per heavy atom. The first-order valence-electron chi connectivity index (χ1n) is 6.72. The first-order chi connectivity index (χ1) is 9.69. The Morgan fingerprint density at radius 1 is 1.29 bits per heavy atom. The highest BCUT2D eigenvalue weighted by Crippen LogP contribution is 2.23. The van der Waals surface area contributed by atoms with Crippen molar-refractivity contribution in [3.8, 4) is 5.69 Å². The lowest BCUT2D eigenvalue weighted by atomic mass is 10.0. The molecule has 21 heavy (non-hydrogen) atoms. The molecular weight excluding hydrogens is 270 g/mol.